The summed E-state index contributed by atoms with van der Waals surface area (Å²) in [6.07, 6.45) is 0.601. The van der Waals surface area contributed by atoms with Crippen molar-refractivity contribution in [1.82, 2.24) is 4.31 Å². The minimum Gasteiger partial charge on any atom is -0.330 e. The van der Waals surface area contributed by atoms with Crippen molar-refractivity contribution >= 4 is 38.4 Å². The van der Waals surface area contributed by atoms with Crippen molar-refractivity contribution in [2.45, 2.75) is 18.2 Å². The number of rotatable bonds is 3. The first-order chi connectivity index (χ1) is 9.19. The summed E-state index contributed by atoms with van der Waals surface area (Å²) < 4.78 is 53.1. The topological polar surface area (TPSA) is 63.4 Å². The lowest BCUT2D eigenvalue weighted by Gasteiger charge is -2.22. The molecule has 1 fully saturated rings. The Bertz CT molecular complexity index is 644. The van der Waals surface area contributed by atoms with Gasteiger partial charge in [-0.2, -0.15) is 4.31 Å². The van der Waals surface area contributed by atoms with Crippen molar-refractivity contribution in [3.05, 3.63) is 28.2 Å². The Kier molecular flexibility index (Phi) is 5.77. The Balaban J connectivity index is 0.00000220. The number of sulfonamides is 1. The zero-order valence-corrected chi connectivity index (χ0v) is 14.5. The summed E-state index contributed by atoms with van der Waals surface area (Å²) in [5.74, 6) is -1.79. The van der Waals surface area contributed by atoms with Crippen LogP contribution in [0.25, 0.3) is 0 Å². The Hall–Kier alpha value is -0.280. The van der Waals surface area contributed by atoms with Gasteiger partial charge in [0.15, 0.2) is 0 Å². The molecule has 1 atom stereocenters. The van der Waals surface area contributed by atoms with Gasteiger partial charge in [0.2, 0.25) is 10.0 Å². The molecule has 1 aromatic rings. The lowest BCUT2D eigenvalue weighted by molar-refractivity contribution is 0.349. The van der Waals surface area contributed by atoms with E-state index in [0.717, 1.165) is 10.4 Å². The molecule has 2 N–H and O–H groups in total. The predicted octanol–water partition coefficient (Wildman–Crippen LogP) is 2.51. The second-order valence-corrected chi connectivity index (χ2v) is 8.06. The van der Waals surface area contributed by atoms with Crippen LogP contribution in [0.4, 0.5) is 8.78 Å². The maximum absolute atomic E-state index is 13.8. The zero-order chi connectivity index (χ0) is 15.1. The smallest absolute Gasteiger partial charge is 0.246 e. The highest BCUT2D eigenvalue weighted by atomic mass is 79.9. The predicted molar refractivity (Wildman–Crippen MR) is 81.8 cm³/mol. The molecule has 21 heavy (non-hydrogen) atoms. The lowest BCUT2D eigenvalue weighted by atomic mass is 9.90. The second-order valence-electron chi connectivity index (χ2n) is 5.30. The first kappa shape index (κ1) is 18.8. The Morgan fingerprint density at radius 2 is 2.00 bits per heavy atom. The summed E-state index contributed by atoms with van der Waals surface area (Å²) >= 11 is 2.82. The summed E-state index contributed by atoms with van der Waals surface area (Å²) in [7, 11) is -4.05. The standard InChI is InChI=1S/C12H15BrF2N2O2S.ClH/c1-12(6-16)2-3-17(7-12)20(18,19)11-5-9(14)8(13)4-10(11)15;/h4-5H,2-3,6-7,16H2,1H3;1H. The Morgan fingerprint density at radius 3 is 2.52 bits per heavy atom. The average molecular weight is 406 g/mol. The fourth-order valence-corrected chi connectivity index (χ4v) is 4.16. The van der Waals surface area contributed by atoms with E-state index in [4.69, 9.17) is 5.73 Å². The Labute approximate surface area is 137 Å². The number of benzene rings is 1. The highest BCUT2D eigenvalue weighted by Crippen LogP contribution is 2.34. The molecule has 0 saturated carbocycles. The molecule has 0 amide bonds. The minimum absolute atomic E-state index is 0. The van der Waals surface area contributed by atoms with Crippen LogP contribution in [0.2, 0.25) is 0 Å². The molecule has 1 aromatic carbocycles. The number of halogens is 4. The third-order valence-corrected chi connectivity index (χ3v) is 6.08. The number of nitrogens with two attached hydrogens (primary N) is 1. The van der Waals surface area contributed by atoms with Crippen LogP contribution in [0.3, 0.4) is 0 Å². The number of nitrogens with zero attached hydrogens (tertiary/aromatic N) is 1. The van der Waals surface area contributed by atoms with Gasteiger partial charge in [0, 0.05) is 13.1 Å². The summed E-state index contributed by atoms with van der Waals surface area (Å²) in [6, 6.07) is 1.52. The zero-order valence-electron chi connectivity index (χ0n) is 11.3. The molecule has 0 bridgehead atoms. The molecule has 120 valence electrons. The van der Waals surface area contributed by atoms with Crippen LogP contribution in [0.15, 0.2) is 21.5 Å². The third-order valence-electron chi connectivity index (χ3n) is 3.61. The van der Waals surface area contributed by atoms with Crippen LogP contribution < -0.4 is 5.73 Å². The van der Waals surface area contributed by atoms with E-state index in [9.17, 15) is 17.2 Å². The summed E-state index contributed by atoms with van der Waals surface area (Å²) in [4.78, 5) is -0.639. The van der Waals surface area contributed by atoms with Gasteiger partial charge in [-0.25, -0.2) is 17.2 Å². The monoisotopic (exact) mass is 404 g/mol. The first-order valence-electron chi connectivity index (χ1n) is 6.04. The molecule has 0 spiro atoms. The van der Waals surface area contributed by atoms with Crippen molar-refractivity contribution < 1.29 is 17.2 Å². The summed E-state index contributed by atoms with van der Waals surface area (Å²) in [6.45, 7) is 2.69. The highest BCUT2D eigenvalue weighted by Gasteiger charge is 2.40. The SMILES string of the molecule is CC1(CN)CCN(S(=O)(=O)c2cc(F)c(Br)cc2F)C1.Cl. The molecule has 0 radical (unpaired) electrons. The summed E-state index contributed by atoms with van der Waals surface area (Å²) in [5.41, 5.74) is 5.30. The maximum Gasteiger partial charge on any atom is 0.246 e. The van der Waals surface area contributed by atoms with Crippen LogP contribution in [-0.4, -0.2) is 32.4 Å². The molecular weight excluding hydrogens is 390 g/mol. The lowest BCUT2D eigenvalue weighted by Crippen LogP contribution is -2.34. The second kappa shape index (κ2) is 6.45. The maximum atomic E-state index is 13.8. The van der Waals surface area contributed by atoms with Gasteiger partial charge in [0.05, 0.1) is 4.47 Å². The summed E-state index contributed by atoms with van der Waals surface area (Å²) in [5, 5.41) is 0. The quantitative estimate of drug-likeness (QED) is 0.786. The number of hydrogen-bond acceptors (Lipinski definition) is 3. The van der Waals surface area contributed by atoms with Gasteiger partial charge in [-0.3, -0.25) is 0 Å². The molecule has 1 aliphatic rings. The van der Waals surface area contributed by atoms with E-state index < -0.39 is 26.6 Å². The van der Waals surface area contributed by atoms with E-state index in [-0.39, 0.29) is 35.4 Å². The highest BCUT2D eigenvalue weighted by molar-refractivity contribution is 9.10. The average Bonchev–Trinajstić information content (AvgIpc) is 2.78. The molecular formula is C12H16BrClF2N2O2S. The molecule has 2 rings (SSSR count). The molecule has 1 aliphatic heterocycles. The molecule has 1 unspecified atom stereocenters. The van der Waals surface area contributed by atoms with E-state index in [1.54, 1.807) is 0 Å². The van der Waals surface area contributed by atoms with Crippen molar-refractivity contribution in [3.8, 4) is 0 Å². The van der Waals surface area contributed by atoms with Gasteiger partial charge in [-0.15, -0.1) is 12.4 Å². The fourth-order valence-electron chi connectivity index (χ4n) is 2.19. The van der Waals surface area contributed by atoms with Gasteiger partial charge in [-0.05, 0) is 46.4 Å². The van der Waals surface area contributed by atoms with E-state index in [1.165, 1.54) is 0 Å². The third kappa shape index (κ3) is 3.56. The van der Waals surface area contributed by atoms with Gasteiger partial charge in [0.1, 0.15) is 16.5 Å². The van der Waals surface area contributed by atoms with Crippen LogP contribution in [0.1, 0.15) is 13.3 Å². The van der Waals surface area contributed by atoms with E-state index in [1.807, 2.05) is 6.92 Å². The molecule has 4 nitrogen and oxygen atoms in total. The molecule has 9 heteroatoms. The van der Waals surface area contributed by atoms with Crippen LogP contribution in [0.5, 0.6) is 0 Å². The fraction of sp³-hybridized carbons (Fsp3) is 0.500. The molecule has 1 heterocycles. The van der Waals surface area contributed by atoms with Crippen LogP contribution >= 0.6 is 28.3 Å². The largest absolute Gasteiger partial charge is 0.330 e. The van der Waals surface area contributed by atoms with E-state index >= 15 is 0 Å². The molecule has 1 saturated heterocycles. The van der Waals surface area contributed by atoms with Crippen LogP contribution in [-0.2, 0) is 10.0 Å². The Morgan fingerprint density at radius 1 is 1.38 bits per heavy atom. The normalized spacial score (nSPS) is 23.1. The molecule has 0 aromatic heterocycles. The van der Waals surface area contributed by atoms with Crippen molar-refractivity contribution in [2.75, 3.05) is 19.6 Å². The first-order valence-corrected chi connectivity index (χ1v) is 8.28. The van der Waals surface area contributed by atoms with Crippen molar-refractivity contribution in [1.29, 1.82) is 0 Å². The minimum atomic E-state index is -4.05. The van der Waals surface area contributed by atoms with E-state index in [0.29, 0.717) is 19.0 Å². The molecule has 0 aliphatic carbocycles. The van der Waals surface area contributed by atoms with Crippen molar-refractivity contribution in [2.24, 2.45) is 11.1 Å². The van der Waals surface area contributed by atoms with Crippen molar-refractivity contribution in [3.63, 3.8) is 0 Å². The van der Waals surface area contributed by atoms with Crippen LogP contribution in [0, 0.1) is 17.0 Å². The van der Waals surface area contributed by atoms with Gasteiger partial charge in [-0.1, -0.05) is 6.92 Å². The van der Waals surface area contributed by atoms with Gasteiger partial charge >= 0.3 is 0 Å². The van der Waals surface area contributed by atoms with Gasteiger partial charge in [0.25, 0.3) is 0 Å². The number of hydrogen-bond donors (Lipinski definition) is 1. The van der Waals surface area contributed by atoms with E-state index in [2.05, 4.69) is 15.9 Å². The van der Waals surface area contributed by atoms with Gasteiger partial charge < -0.3 is 5.73 Å².